The molecule has 1 aliphatic heterocycles. The maximum Gasteiger partial charge on any atom is 0.222 e. The van der Waals surface area contributed by atoms with Gasteiger partial charge in [0, 0.05) is 31.8 Å². The second kappa shape index (κ2) is 8.15. The Kier molecular flexibility index (Phi) is 6.17. The van der Waals surface area contributed by atoms with Crippen LogP contribution in [0.5, 0.6) is 0 Å². The van der Waals surface area contributed by atoms with Crippen LogP contribution in [0.4, 0.5) is 0 Å². The molecule has 1 saturated heterocycles. The summed E-state index contributed by atoms with van der Waals surface area (Å²) < 4.78 is 0. The van der Waals surface area contributed by atoms with E-state index in [1.165, 1.54) is 6.42 Å². The topological polar surface area (TPSA) is 59.0 Å². The van der Waals surface area contributed by atoms with Crippen molar-refractivity contribution in [2.45, 2.75) is 89.4 Å². The lowest BCUT2D eigenvalue weighted by Gasteiger charge is -2.33. The molecule has 5 nitrogen and oxygen atoms in total. The van der Waals surface area contributed by atoms with Gasteiger partial charge in [-0.05, 0) is 63.7 Å². The summed E-state index contributed by atoms with van der Waals surface area (Å²) in [5.41, 5.74) is 0. The molecular formula is C19H33NO4. The molecule has 3 fully saturated rings. The Morgan fingerprint density at radius 2 is 1.79 bits per heavy atom. The minimum absolute atomic E-state index is 0.0585. The monoisotopic (exact) mass is 339 g/mol. The Morgan fingerprint density at radius 3 is 2.42 bits per heavy atom. The van der Waals surface area contributed by atoms with E-state index in [0.717, 1.165) is 64.5 Å². The van der Waals surface area contributed by atoms with Gasteiger partial charge >= 0.3 is 0 Å². The summed E-state index contributed by atoms with van der Waals surface area (Å²) in [6, 6.07) is 0. The summed E-state index contributed by atoms with van der Waals surface area (Å²) in [6.45, 7) is 3.91. The molecule has 2 saturated carbocycles. The quantitative estimate of drug-likeness (QED) is 0.474. The third-order valence-corrected chi connectivity index (χ3v) is 6.24. The van der Waals surface area contributed by atoms with E-state index in [0.29, 0.717) is 24.7 Å². The van der Waals surface area contributed by atoms with Gasteiger partial charge in [-0.3, -0.25) is 4.79 Å². The van der Waals surface area contributed by atoms with Crippen LogP contribution in [0.25, 0.3) is 0 Å². The van der Waals surface area contributed by atoms with Gasteiger partial charge in [-0.2, -0.15) is 0 Å². The van der Waals surface area contributed by atoms with Gasteiger partial charge in [0.25, 0.3) is 0 Å². The first-order chi connectivity index (χ1) is 11.6. The molecule has 0 bridgehead atoms. The molecule has 2 unspecified atom stereocenters. The minimum Gasteiger partial charge on any atom is -0.363 e. The molecule has 0 aromatic heterocycles. The number of hydrogen-bond acceptors (Lipinski definition) is 4. The molecule has 0 aromatic rings. The highest BCUT2D eigenvalue weighted by molar-refractivity contribution is 5.76. The molecular weight excluding hydrogens is 306 g/mol. The van der Waals surface area contributed by atoms with Crippen molar-refractivity contribution in [1.82, 2.24) is 4.90 Å². The second-order valence-electron chi connectivity index (χ2n) is 8.11. The van der Waals surface area contributed by atoms with Crippen LogP contribution in [-0.2, 0) is 14.6 Å². The van der Waals surface area contributed by atoms with Crippen molar-refractivity contribution >= 4 is 5.91 Å². The highest BCUT2D eigenvalue weighted by Gasteiger charge is 2.41. The largest absolute Gasteiger partial charge is 0.363 e. The third-order valence-electron chi connectivity index (χ3n) is 6.24. The van der Waals surface area contributed by atoms with E-state index in [-0.39, 0.29) is 12.0 Å². The van der Waals surface area contributed by atoms with E-state index < -0.39 is 5.79 Å². The van der Waals surface area contributed by atoms with E-state index in [4.69, 9.17) is 9.78 Å². The lowest BCUT2D eigenvalue weighted by atomic mass is 9.85. The Balaban J connectivity index is 1.35. The molecule has 2 atom stereocenters. The summed E-state index contributed by atoms with van der Waals surface area (Å²) in [4.78, 5) is 25.4. The Morgan fingerprint density at radius 1 is 1.08 bits per heavy atom. The fourth-order valence-corrected chi connectivity index (χ4v) is 4.36. The van der Waals surface area contributed by atoms with Crippen LogP contribution in [0.1, 0.15) is 77.6 Å². The number of likely N-dealkylation sites (tertiary alicyclic amines) is 1. The van der Waals surface area contributed by atoms with Crippen LogP contribution in [0.2, 0.25) is 0 Å². The maximum absolute atomic E-state index is 12.4. The number of amides is 1. The van der Waals surface area contributed by atoms with Gasteiger partial charge in [0.05, 0.1) is 6.10 Å². The van der Waals surface area contributed by atoms with Crippen molar-refractivity contribution in [1.29, 1.82) is 0 Å². The van der Waals surface area contributed by atoms with E-state index in [1.807, 2.05) is 11.8 Å². The normalized spacial score (nSPS) is 37.6. The summed E-state index contributed by atoms with van der Waals surface area (Å²) in [5, 5.41) is 10.4. The third kappa shape index (κ3) is 4.50. The van der Waals surface area contributed by atoms with Crippen LogP contribution in [0, 0.1) is 11.8 Å². The molecule has 3 aliphatic rings. The lowest BCUT2D eigenvalue weighted by molar-refractivity contribution is -0.446. The molecule has 0 aromatic carbocycles. The standard InChI is InChI=1S/C19H33NO4/c1-15-6-5-11-19(15,22)24-23-17-9-7-16(8-10-17)14-18(21)20-12-3-2-4-13-20/h15-17,22H,2-14H2,1H3. The van der Waals surface area contributed by atoms with Crippen LogP contribution in [-0.4, -0.2) is 40.9 Å². The summed E-state index contributed by atoms with van der Waals surface area (Å²) in [7, 11) is 0. The predicted octanol–water partition coefficient (Wildman–Crippen LogP) is 3.40. The van der Waals surface area contributed by atoms with Crippen LogP contribution in [0.3, 0.4) is 0 Å². The van der Waals surface area contributed by atoms with Crippen molar-refractivity contribution in [3.63, 3.8) is 0 Å². The van der Waals surface area contributed by atoms with Gasteiger partial charge in [0.2, 0.25) is 11.7 Å². The SMILES string of the molecule is CC1CCCC1(O)OOC1CCC(CC(=O)N2CCCCC2)CC1. The number of piperidine rings is 1. The number of hydrogen-bond donors (Lipinski definition) is 1. The lowest BCUT2D eigenvalue weighted by Crippen LogP contribution is -2.38. The number of rotatable bonds is 5. The maximum atomic E-state index is 12.4. The Labute approximate surface area is 145 Å². The van der Waals surface area contributed by atoms with Gasteiger partial charge in [-0.15, -0.1) is 0 Å². The van der Waals surface area contributed by atoms with Gasteiger partial charge in [0.15, 0.2) is 0 Å². The predicted molar refractivity (Wildman–Crippen MR) is 90.9 cm³/mol. The Bertz CT molecular complexity index is 416. The fourth-order valence-electron chi connectivity index (χ4n) is 4.36. The molecule has 1 amide bonds. The van der Waals surface area contributed by atoms with Crippen molar-refractivity contribution in [2.24, 2.45) is 11.8 Å². The average molecular weight is 339 g/mol. The highest BCUT2D eigenvalue weighted by Crippen LogP contribution is 2.38. The zero-order chi connectivity index (χ0) is 17.0. The molecule has 3 rings (SSSR count). The van der Waals surface area contributed by atoms with E-state index in [2.05, 4.69) is 0 Å². The number of aliphatic hydroxyl groups is 1. The first-order valence-corrected chi connectivity index (χ1v) is 9.91. The molecule has 1 heterocycles. The number of carbonyl (C=O) groups excluding carboxylic acids is 1. The van der Waals surface area contributed by atoms with Crippen LogP contribution < -0.4 is 0 Å². The molecule has 0 spiro atoms. The first-order valence-electron chi connectivity index (χ1n) is 9.91. The van der Waals surface area contributed by atoms with E-state index in [1.54, 1.807) is 0 Å². The summed E-state index contributed by atoms with van der Waals surface area (Å²) in [5.74, 6) is -0.144. The first kappa shape index (κ1) is 18.2. The van der Waals surface area contributed by atoms with Gasteiger partial charge in [-0.25, -0.2) is 9.78 Å². The summed E-state index contributed by atoms with van der Waals surface area (Å²) >= 11 is 0. The minimum atomic E-state index is -1.10. The van der Waals surface area contributed by atoms with Crippen LogP contribution >= 0.6 is 0 Å². The zero-order valence-electron chi connectivity index (χ0n) is 15.0. The fraction of sp³-hybridized carbons (Fsp3) is 0.947. The molecule has 5 heteroatoms. The Hall–Kier alpha value is -0.650. The van der Waals surface area contributed by atoms with Crippen LogP contribution in [0.15, 0.2) is 0 Å². The van der Waals surface area contributed by atoms with Crippen molar-refractivity contribution < 1.29 is 19.7 Å². The number of nitrogens with zero attached hydrogens (tertiary/aromatic N) is 1. The zero-order valence-corrected chi connectivity index (χ0v) is 15.0. The second-order valence-corrected chi connectivity index (χ2v) is 8.11. The van der Waals surface area contributed by atoms with Gasteiger partial charge < -0.3 is 10.0 Å². The van der Waals surface area contributed by atoms with Crippen molar-refractivity contribution in [2.75, 3.05) is 13.1 Å². The number of carbonyl (C=O) groups is 1. The van der Waals surface area contributed by atoms with Crippen molar-refractivity contribution in [3.8, 4) is 0 Å². The molecule has 2 aliphatic carbocycles. The summed E-state index contributed by atoms with van der Waals surface area (Å²) in [6.07, 6.45) is 10.8. The average Bonchev–Trinajstić information content (AvgIpc) is 2.94. The van der Waals surface area contributed by atoms with E-state index in [9.17, 15) is 9.90 Å². The van der Waals surface area contributed by atoms with Gasteiger partial charge in [0.1, 0.15) is 0 Å². The van der Waals surface area contributed by atoms with Gasteiger partial charge in [-0.1, -0.05) is 6.92 Å². The van der Waals surface area contributed by atoms with E-state index >= 15 is 0 Å². The molecule has 138 valence electrons. The molecule has 1 N–H and O–H groups in total. The van der Waals surface area contributed by atoms with Crippen molar-refractivity contribution in [3.05, 3.63) is 0 Å². The molecule has 0 radical (unpaired) electrons. The molecule has 24 heavy (non-hydrogen) atoms. The highest BCUT2D eigenvalue weighted by atomic mass is 17.2. The smallest absolute Gasteiger partial charge is 0.222 e.